The maximum atomic E-state index is 12.7. The second-order valence-corrected chi connectivity index (χ2v) is 10.3. The van der Waals surface area contributed by atoms with Crippen molar-refractivity contribution < 1.29 is 21.6 Å². The van der Waals surface area contributed by atoms with Gasteiger partial charge in [-0.1, -0.05) is 12.1 Å². The Balaban J connectivity index is 2.09. The summed E-state index contributed by atoms with van der Waals surface area (Å²) in [6.07, 6.45) is 3.67. The lowest BCUT2D eigenvalue weighted by Crippen LogP contribution is -2.47. The van der Waals surface area contributed by atoms with Gasteiger partial charge in [0.15, 0.2) is 0 Å². The van der Waals surface area contributed by atoms with Gasteiger partial charge in [0.1, 0.15) is 0 Å². The van der Waals surface area contributed by atoms with Crippen LogP contribution in [-0.4, -0.2) is 70.9 Å². The molecule has 1 aromatic carbocycles. The number of hydrogen-bond donors (Lipinski definition) is 1. The zero-order chi connectivity index (χ0) is 20.2. The third-order valence-electron chi connectivity index (χ3n) is 4.60. The van der Waals surface area contributed by atoms with Crippen LogP contribution in [0.2, 0.25) is 0 Å². The first-order chi connectivity index (χ1) is 12.6. The molecule has 1 amide bonds. The van der Waals surface area contributed by atoms with Gasteiger partial charge in [0.25, 0.3) is 5.91 Å². The van der Waals surface area contributed by atoms with Gasteiger partial charge in [-0.2, -0.15) is 0 Å². The summed E-state index contributed by atoms with van der Waals surface area (Å²) in [5.74, 6) is -0.267. The van der Waals surface area contributed by atoms with Crippen LogP contribution in [0.5, 0.6) is 0 Å². The lowest BCUT2D eigenvalue weighted by Gasteiger charge is -2.35. The van der Waals surface area contributed by atoms with Gasteiger partial charge in [-0.3, -0.25) is 4.79 Å². The van der Waals surface area contributed by atoms with Gasteiger partial charge in [-0.15, -0.1) is 6.58 Å². The predicted molar refractivity (Wildman–Crippen MR) is 103 cm³/mol. The number of amides is 1. The number of carbonyl (C=O) groups is 1. The van der Waals surface area contributed by atoms with Crippen molar-refractivity contribution in [2.24, 2.45) is 0 Å². The van der Waals surface area contributed by atoms with Gasteiger partial charge >= 0.3 is 0 Å². The third-order valence-corrected chi connectivity index (χ3v) is 7.36. The summed E-state index contributed by atoms with van der Waals surface area (Å²) in [7, 11) is -5.44. The van der Waals surface area contributed by atoms with Gasteiger partial charge in [-0.05, 0) is 31.0 Å². The SMILES string of the molecule is C=CCNS(=O)(=O)c1cccc(C(=O)N2CCC(N(C)S(C)(=O)=O)CC2)c1. The molecule has 27 heavy (non-hydrogen) atoms. The fourth-order valence-corrected chi connectivity index (χ4v) is 4.73. The maximum absolute atomic E-state index is 12.7. The van der Waals surface area contributed by atoms with Crippen LogP contribution in [0.3, 0.4) is 0 Å². The highest BCUT2D eigenvalue weighted by atomic mass is 32.2. The van der Waals surface area contributed by atoms with Crippen LogP contribution in [0, 0.1) is 0 Å². The van der Waals surface area contributed by atoms with E-state index in [-0.39, 0.29) is 29.0 Å². The van der Waals surface area contributed by atoms with Crippen LogP contribution in [0.4, 0.5) is 0 Å². The second kappa shape index (κ2) is 8.51. The second-order valence-electron chi connectivity index (χ2n) is 6.47. The molecule has 1 aliphatic heterocycles. The van der Waals surface area contributed by atoms with Crippen molar-refractivity contribution in [3.63, 3.8) is 0 Å². The summed E-state index contributed by atoms with van der Waals surface area (Å²) >= 11 is 0. The lowest BCUT2D eigenvalue weighted by molar-refractivity contribution is 0.0686. The molecule has 0 aromatic heterocycles. The van der Waals surface area contributed by atoms with Crippen LogP contribution in [0.1, 0.15) is 23.2 Å². The Morgan fingerprint density at radius 2 is 1.93 bits per heavy atom. The van der Waals surface area contributed by atoms with Crippen LogP contribution >= 0.6 is 0 Å². The Morgan fingerprint density at radius 1 is 1.30 bits per heavy atom. The van der Waals surface area contributed by atoms with Gasteiger partial charge in [-0.25, -0.2) is 25.9 Å². The number of hydrogen-bond acceptors (Lipinski definition) is 5. The predicted octanol–water partition coefficient (Wildman–Crippen LogP) is 0.647. The molecule has 10 heteroatoms. The Hall–Kier alpha value is -1.75. The number of likely N-dealkylation sites (tertiary alicyclic amines) is 1. The molecule has 1 aliphatic rings. The molecule has 0 radical (unpaired) electrons. The number of nitrogens with one attached hydrogen (secondary N) is 1. The molecular formula is C17H25N3O5S2. The average molecular weight is 416 g/mol. The summed E-state index contributed by atoms with van der Waals surface area (Å²) in [6.45, 7) is 4.39. The molecule has 1 aromatic rings. The highest BCUT2D eigenvalue weighted by molar-refractivity contribution is 7.89. The van der Waals surface area contributed by atoms with E-state index in [1.165, 1.54) is 28.6 Å². The molecule has 1 heterocycles. The summed E-state index contributed by atoms with van der Waals surface area (Å²) in [5, 5.41) is 0. The molecule has 0 unspecified atom stereocenters. The molecule has 150 valence electrons. The minimum absolute atomic E-state index is 0.0156. The van der Waals surface area contributed by atoms with Crippen LogP contribution in [0.15, 0.2) is 41.8 Å². The molecule has 0 atom stereocenters. The number of rotatable bonds is 7. The fourth-order valence-electron chi connectivity index (χ4n) is 2.93. The summed E-state index contributed by atoms with van der Waals surface area (Å²) in [4.78, 5) is 14.4. The quantitative estimate of drug-likeness (QED) is 0.659. The first-order valence-corrected chi connectivity index (χ1v) is 11.8. The first kappa shape index (κ1) is 21.5. The summed E-state index contributed by atoms with van der Waals surface area (Å²) in [5.41, 5.74) is 0.284. The van der Waals surface area contributed by atoms with E-state index in [4.69, 9.17) is 0 Å². The monoisotopic (exact) mass is 415 g/mol. The van der Waals surface area contributed by atoms with Crippen molar-refractivity contribution >= 4 is 26.0 Å². The fraction of sp³-hybridized carbons (Fsp3) is 0.471. The van der Waals surface area contributed by atoms with Gasteiger partial charge in [0.05, 0.1) is 11.2 Å². The van der Waals surface area contributed by atoms with E-state index < -0.39 is 20.0 Å². The molecule has 0 bridgehead atoms. The van der Waals surface area contributed by atoms with Crippen molar-refractivity contribution in [1.29, 1.82) is 0 Å². The van der Waals surface area contributed by atoms with Crippen LogP contribution in [0.25, 0.3) is 0 Å². The molecule has 0 spiro atoms. The van der Waals surface area contributed by atoms with Crippen molar-refractivity contribution in [2.75, 3.05) is 32.9 Å². The van der Waals surface area contributed by atoms with Gasteiger partial charge < -0.3 is 4.90 Å². The third kappa shape index (κ3) is 5.38. The van der Waals surface area contributed by atoms with E-state index >= 15 is 0 Å². The normalized spacial score (nSPS) is 16.5. The number of nitrogens with zero attached hydrogens (tertiary/aromatic N) is 2. The van der Waals surface area contributed by atoms with Gasteiger partial charge in [0, 0.05) is 38.3 Å². The molecule has 1 N–H and O–H groups in total. The average Bonchev–Trinajstić information content (AvgIpc) is 2.64. The Bertz CT molecular complexity index is 904. The molecule has 0 aliphatic carbocycles. The molecule has 1 saturated heterocycles. The van der Waals surface area contributed by atoms with E-state index in [1.807, 2.05) is 0 Å². The van der Waals surface area contributed by atoms with Crippen molar-refractivity contribution in [1.82, 2.24) is 13.9 Å². The number of sulfonamides is 2. The molecule has 2 rings (SSSR count). The number of benzene rings is 1. The number of piperidine rings is 1. The standard InChI is InChI=1S/C17H25N3O5S2/c1-4-10-18-27(24,25)16-7-5-6-14(13-16)17(21)20-11-8-15(9-12-20)19(2)26(3,22)23/h4-7,13,15,18H,1,8-12H2,2-3H3. The summed E-state index contributed by atoms with van der Waals surface area (Å²) in [6, 6.07) is 5.74. The number of carbonyl (C=O) groups excluding carboxylic acids is 1. The zero-order valence-electron chi connectivity index (χ0n) is 15.5. The Morgan fingerprint density at radius 3 is 2.48 bits per heavy atom. The molecule has 0 saturated carbocycles. The minimum Gasteiger partial charge on any atom is -0.339 e. The maximum Gasteiger partial charge on any atom is 0.253 e. The van der Waals surface area contributed by atoms with E-state index in [9.17, 15) is 21.6 Å². The summed E-state index contributed by atoms with van der Waals surface area (Å²) < 4.78 is 51.4. The van der Waals surface area contributed by atoms with E-state index in [2.05, 4.69) is 11.3 Å². The Labute approximate surface area is 161 Å². The van der Waals surface area contributed by atoms with Crippen LogP contribution in [-0.2, 0) is 20.0 Å². The highest BCUT2D eigenvalue weighted by Crippen LogP contribution is 2.20. The minimum atomic E-state index is -3.71. The molecular weight excluding hydrogens is 390 g/mol. The van der Waals surface area contributed by atoms with Crippen molar-refractivity contribution in [2.45, 2.75) is 23.8 Å². The molecule has 1 fully saturated rings. The van der Waals surface area contributed by atoms with E-state index in [0.29, 0.717) is 25.9 Å². The topological polar surface area (TPSA) is 104 Å². The Kier molecular flexibility index (Phi) is 6.79. The largest absolute Gasteiger partial charge is 0.339 e. The highest BCUT2D eigenvalue weighted by Gasteiger charge is 2.29. The van der Waals surface area contributed by atoms with E-state index in [0.717, 1.165) is 6.26 Å². The smallest absolute Gasteiger partial charge is 0.253 e. The van der Waals surface area contributed by atoms with Gasteiger partial charge in [0.2, 0.25) is 20.0 Å². The molecule has 8 nitrogen and oxygen atoms in total. The lowest BCUT2D eigenvalue weighted by atomic mass is 10.0. The van der Waals surface area contributed by atoms with Crippen molar-refractivity contribution in [3.05, 3.63) is 42.5 Å². The van der Waals surface area contributed by atoms with Crippen molar-refractivity contribution in [3.8, 4) is 0 Å². The first-order valence-electron chi connectivity index (χ1n) is 8.49. The zero-order valence-corrected chi connectivity index (χ0v) is 17.1. The van der Waals surface area contributed by atoms with E-state index in [1.54, 1.807) is 18.0 Å². The van der Waals surface area contributed by atoms with Crippen LogP contribution < -0.4 is 4.72 Å².